The van der Waals surface area contributed by atoms with Crippen LogP contribution >= 0.6 is 0 Å². The van der Waals surface area contributed by atoms with Crippen LogP contribution in [-0.2, 0) is 22.9 Å². The van der Waals surface area contributed by atoms with Crippen LogP contribution in [0.5, 0.6) is 5.75 Å². The van der Waals surface area contributed by atoms with Gasteiger partial charge in [-0.3, -0.25) is 9.59 Å². The van der Waals surface area contributed by atoms with Crippen LogP contribution in [-0.4, -0.2) is 45.8 Å². The van der Waals surface area contributed by atoms with E-state index in [0.717, 1.165) is 18.2 Å². The molecule has 4 N–H and O–H groups in total. The summed E-state index contributed by atoms with van der Waals surface area (Å²) in [7, 11) is 1.63. The SMILES string of the molecule is Cn1ccc(C(=O)NCC(O)(c2cc3c(c(-c4ccc(F)cc4)n2)OC[C@]3(C)C(N)=O)C(F)(F)F)c1. The molecular formula is C24H22F4N4O4. The first kappa shape index (κ1) is 25.2. The summed E-state index contributed by atoms with van der Waals surface area (Å²) in [5, 5.41) is 13.1. The number of hydrogen-bond acceptors (Lipinski definition) is 5. The standard InChI is InChI=1S/C24H22F4N4O4/c1-22(21(29)34)12-36-19-16(22)9-17(31-18(19)13-3-5-15(25)6-4-13)23(35,24(26,27)28)11-30-20(33)14-7-8-32(2)10-14/h3-10,35H,11-12H2,1-2H3,(H2,29,34)(H,30,33)/t22-,23?/m0/s1. The molecule has 0 saturated heterocycles. The number of aliphatic hydroxyl groups is 1. The van der Waals surface area contributed by atoms with Crippen molar-refractivity contribution in [2.24, 2.45) is 12.8 Å². The van der Waals surface area contributed by atoms with Gasteiger partial charge in [-0.1, -0.05) is 0 Å². The minimum absolute atomic E-state index is 0.00972. The Morgan fingerprint density at radius 3 is 2.47 bits per heavy atom. The Morgan fingerprint density at radius 1 is 1.25 bits per heavy atom. The molecule has 0 radical (unpaired) electrons. The van der Waals surface area contributed by atoms with E-state index in [4.69, 9.17) is 10.5 Å². The molecule has 2 amide bonds. The van der Waals surface area contributed by atoms with E-state index in [1.165, 1.54) is 42.1 Å². The largest absolute Gasteiger partial charge is 0.489 e. The van der Waals surface area contributed by atoms with Crippen molar-refractivity contribution in [1.82, 2.24) is 14.9 Å². The Bertz CT molecular complexity index is 1340. The smallest absolute Gasteiger partial charge is 0.424 e. The third-order valence-electron chi connectivity index (χ3n) is 6.23. The Kier molecular flexibility index (Phi) is 6.03. The van der Waals surface area contributed by atoms with Crippen molar-refractivity contribution in [1.29, 1.82) is 0 Å². The van der Waals surface area contributed by atoms with E-state index >= 15 is 0 Å². The average Bonchev–Trinajstić information content (AvgIpc) is 3.41. The van der Waals surface area contributed by atoms with Crippen molar-refractivity contribution < 1.29 is 37.0 Å². The van der Waals surface area contributed by atoms with Crippen LogP contribution in [0.15, 0.2) is 48.8 Å². The van der Waals surface area contributed by atoms with Crippen molar-refractivity contribution in [2.45, 2.75) is 24.1 Å². The van der Waals surface area contributed by atoms with Gasteiger partial charge in [-0.15, -0.1) is 0 Å². The van der Waals surface area contributed by atoms with Gasteiger partial charge in [0.2, 0.25) is 11.5 Å². The zero-order valence-corrected chi connectivity index (χ0v) is 19.2. The number of nitrogens with zero attached hydrogens (tertiary/aromatic N) is 2. The van der Waals surface area contributed by atoms with Crippen LogP contribution in [0.25, 0.3) is 11.3 Å². The number of pyridine rings is 1. The normalized spacial score (nSPS) is 18.8. The molecule has 0 aliphatic carbocycles. The highest BCUT2D eigenvalue weighted by atomic mass is 19.4. The molecule has 2 atom stereocenters. The number of benzene rings is 1. The van der Waals surface area contributed by atoms with Gasteiger partial charge < -0.3 is 25.5 Å². The lowest BCUT2D eigenvalue weighted by Crippen LogP contribution is -2.51. The fourth-order valence-corrected chi connectivity index (χ4v) is 3.89. The lowest BCUT2D eigenvalue weighted by atomic mass is 9.81. The highest BCUT2D eigenvalue weighted by molar-refractivity contribution is 5.94. The number of alkyl halides is 3. The highest BCUT2D eigenvalue weighted by Gasteiger charge is 2.57. The summed E-state index contributed by atoms with van der Waals surface area (Å²) in [6, 6.07) is 7.01. The van der Waals surface area contributed by atoms with Gasteiger partial charge in [-0.25, -0.2) is 9.37 Å². The molecule has 12 heteroatoms. The van der Waals surface area contributed by atoms with Crippen molar-refractivity contribution in [2.75, 3.05) is 13.2 Å². The first-order chi connectivity index (χ1) is 16.8. The fourth-order valence-electron chi connectivity index (χ4n) is 3.89. The Morgan fingerprint density at radius 2 is 1.92 bits per heavy atom. The van der Waals surface area contributed by atoms with Crippen molar-refractivity contribution >= 4 is 11.8 Å². The van der Waals surface area contributed by atoms with Gasteiger partial charge in [0.15, 0.2) is 0 Å². The van der Waals surface area contributed by atoms with Gasteiger partial charge in [0.05, 0.1) is 17.8 Å². The monoisotopic (exact) mass is 506 g/mol. The summed E-state index contributed by atoms with van der Waals surface area (Å²) in [6.45, 7) is -0.150. The number of primary amides is 1. The molecule has 0 bridgehead atoms. The molecule has 1 aromatic carbocycles. The van der Waals surface area contributed by atoms with E-state index in [-0.39, 0.29) is 34.7 Å². The molecule has 0 fully saturated rings. The predicted molar refractivity (Wildman–Crippen MR) is 119 cm³/mol. The van der Waals surface area contributed by atoms with Gasteiger partial charge in [-0.2, -0.15) is 13.2 Å². The van der Waals surface area contributed by atoms with Crippen molar-refractivity contribution in [3.8, 4) is 17.0 Å². The van der Waals surface area contributed by atoms with Crippen LogP contribution < -0.4 is 15.8 Å². The van der Waals surface area contributed by atoms with Gasteiger partial charge >= 0.3 is 6.18 Å². The van der Waals surface area contributed by atoms with Crippen LogP contribution in [0, 0.1) is 5.82 Å². The number of nitrogens with two attached hydrogens (primary N) is 1. The third kappa shape index (κ3) is 4.17. The first-order valence-corrected chi connectivity index (χ1v) is 10.7. The quantitative estimate of drug-likeness (QED) is 0.444. The Balaban J connectivity index is 1.86. The first-order valence-electron chi connectivity index (χ1n) is 10.7. The molecule has 2 aromatic heterocycles. The van der Waals surface area contributed by atoms with Crippen LogP contribution in [0.3, 0.4) is 0 Å². The van der Waals surface area contributed by atoms with E-state index in [9.17, 15) is 32.3 Å². The van der Waals surface area contributed by atoms with Gasteiger partial charge in [-0.05, 0) is 43.3 Å². The third-order valence-corrected chi connectivity index (χ3v) is 6.23. The second-order valence-electron chi connectivity index (χ2n) is 8.83. The number of fused-ring (bicyclic) bond motifs is 1. The molecule has 1 aliphatic rings. The van der Waals surface area contributed by atoms with Gasteiger partial charge in [0, 0.05) is 30.6 Å². The zero-order valence-electron chi connectivity index (χ0n) is 19.2. The summed E-state index contributed by atoms with van der Waals surface area (Å²) >= 11 is 0. The molecule has 4 rings (SSSR count). The molecular weight excluding hydrogens is 484 g/mol. The summed E-state index contributed by atoms with van der Waals surface area (Å²) in [6.07, 6.45) is -2.36. The van der Waals surface area contributed by atoms with Crippen molar-refractivity contribution in [3.05, 3.63) is 71.4 Å². The number of carbonyl (C=O) groups excluding carboxylic acids is 2. The maximum absolute atomic E-state index is 14.3. The summed E-state index contributed by atoms with van der Waals surface area (Å²) < 4.78 is 63.6. The van der Waals surface area contributed by atoms with E-state index in [1.54, 1.807) is 7.05 Å². The highest BCUT2D eigenvalue weighted by Crippen LogP contribution is 2.47. The second-order valence-corrected chi connectivity index (χ2v) is 8.83. The van der Waals surface area contributed by atoms with E-state index in [2.05, 4.69) is 10.3 Å². The molecule has 0 saturated carbocycles. The minimum atomic E-state index is -5.29. The van der Waals surface area contributed by atoms with Crippen molar-refractivity contribution in [3.63, 3.8) is 0 Å². The number of aryl methyl sites for hydroxylation is 1. The molecule has 3 heterocycles. The molecule has 0 spiro atoms. The molecule has 36 heavy (non-hydrogen) atoms. The van der Waals surface area contributed by atoms with Crippen LogP contribution in [0.2, 0.25) is 0 Å². The number of halogens is 4. The zero-order chi connectivity index (χ0) is 26.5. The molecule has 1 unspecified atom stereocenters. The number of aromatic nitrogens is 2. The Hall–Kier alpha value is -3.93. The molecule has 1 aliphatic heterocycles. The maximum Gasteiger partial charge on any atom is 0.424 e. The second kappa shape index (κ2) is 8.63. The lowest BCUT2D eigenvalue weighted by molar-refractivity contribution is -0.265. The molecule has 3 aromatic rings. The molecule has 8 nitrogen and oxygen atoms in total. The van der Waals surface area contributed by atoms with Crippen LogP contribution in [0.1, 0.15) is 28.5 Å². The maximum atomic E-state index is 14.3. The van der Waals surface area contributed by atoms with Gasteiger partial charge in [0.1, 0.15) is 29.3 Å². The number of carbonyl (C=O) groups is 2. The number of amides is 2. The van der Waals surface area contributed by atoms with E-state index in [0.29, 0.717) is 0 Å². The number of rotatable bonds is 6. The lowest BCUT2D eigenvalue weighted by Gasteiger charge is -2.31. The minimum Gasteiger partial charge on any atom is -0.489 e. The summed E-state index contributed by atoms with van der Waals surface area (Å²) in [5.74, 6) is -2.31. The summed E-state index contributed by atoms with van der Waals surface area (Å²) in [5.41, 5.74) is -0.429. The number of nitrogens with one attached hydrogen (secondary N) is 1. The number of hydrogen-bond donors (Lipinski definition) is 3. The fraction of sp³-hybridized carbons (Fsp3) is 0.292. The topological polar surface area (TPSA) is 119 Å². The van der Waals surface area contributed by atoms with Crippen LogP contribution in [0.4, 0.5) is 17.6 Å². The molecule has 190 valence electrons. The number of ether oxygens (including phenoxy) is 1. The predicted octanol–water partition coefficient (Wildman–Crippen LogP) is 2.54. The Labute approximate surface area is 202 Å². The average molecular weight is 506 g/mol. The van der Waals surface area contributed by atoms with E-state index in [1.807, 2.05) is 0 Å². The summed E-state index contributed by atoms with van der Waals surface area (Å²) in [4.78, 5) is 28.7. The van der Waals surface area contributed by atoms with E-state index < -0.39 is 47.1 Å². The van der Waals surface area contributed by atoms with Gasteiger partial charge in [0.25, 0.3) is 5.91 Å².